The van der Waals surface area contributed by atoms with E-state index in [-0.39, 0.29) is 18.7 Å². The van der Waals surface area contributed by atoms with Gasteiger partial charge in [0.25, 0.3) is 0 Å². The lowest BCUT2D eigenvalue weighted by Gasteiger charge is -2.08. The molecule has 0 aromatic heterocycles. The van der Waals surface area contributed by atoms with Gasteiger partial charge in [-0.3, -0.25) is 9.59 Å². The van der Waals surface area contributed by atoms with E-state index >= 15 is 0 Å². The fourth-order valence-corrected chi connectivity index (χ4v) is 1.52. The Balaban J connectivity index is 2.71. The Hall–Kier alpha value is -2.19. The molecule has 1 aromatic carbocycles. The van der Waals surface area contributed by atoms with Crippen LogP contribution in [0.5, 0.6) is 5.75 Å². The smallest absolute Gasteiger partial charge is 0.311 e. The second kappa shape index (κ2) is 7.71. The molecule has 0 aliphatic heterocycles. The first-order chi connectivity index (χ1) is 10.3. The molecule has 0 aliphatic rings. The van der Waals surface area contributed by atoms with Gasteiger partial charge in [-0.1, -0.05) is 0 Å². The van der Waals surface area contributed by atoms with Crippen LogP contribution in [-0.4, -0.2) is 18.4 Å². The summed E-state index contributed by atoms with van der Waals surface area (Å²) in [6, 6.07) is 0. The second-order valence-corrected chi connectivity index (χ2v) is 4.18. The van der Waals surface area contributed by atoms with Crippen LogP contribution in [0, 0.1) is 29.1 Å². The summed E-state index contributed by atoms with van der Waals surface area (Å²) in [5.41, 5.74) is 0. The van der Waals surface area contributed by atoms with Crippen molar-refractivity contribution in [3.05, 3.63) is 29.1 Å². The standard InChI is InChI=1S/C13H12F5NO3/c1-2-19-6(20)4-3-5-7(21)22-13-11(17)9(15)8(14)10(16)12(13)18/h2-5H2,1H3,(H,19,20). The van der Waals surface area contributed by atoms with Gasteiger partial charge < -0.3 is 10.1 Å². The van der Waals surface area contributed by atoms with E-state index in [1.807, 2.05) is 0 Å². The highest BCUT2D eigenvalue weighted by Crippen LogP contribution is 2.29. The fraction of sp³-hybridized carbons (Fsp3) is 0.385. The van der Waals surface area contributed by atoms with Gasteiger partial charge in [-0.05, 0) is 13.3 Å². The van der Waals surface area contributed by atoms with Crippen LogP contribution in [0.4, 0.5) is 22.0 Å². The van der Waals surface area contributed by atoms with E-state index < -0.39 is 47.2 Å². The van der Waals surface area contributed by atoms with Crippen LogP contribution in [0.1, 0.15) is 26.2 Å². The molecule has 0 spiro atoms. The summed E-state index contributed by atoms with van der Waals surface area (Å²) in [5.74, 6) is -14.4. The molecule has 0 heterocycles. The summed E-state index contributed by atoms with van der Waals surface area (Å²) in [6.45, 7) is 2.09. The van der Waals surface area contributed by atoms with Gasteiger partial charge in [0.1, 0.15) is 0 Å². The first-order valence-electron chi connectivity index (χ1n) is 6.28. The molecule has 0 aliphatic carbocycles. The van der Waals surface area contributed by atoms with E-state index in [1.165, 1.54) is 0 Å². The van der Waals surface area contributed by atoms with E-state index in [9.17, 15) is 31.5 Å². The molecule has 0 atom stereocenters. The summed E-state index contributed by atoms with van der Waals surface area (Å²) in [7, 11) is 0. The molecule has 0 unspecified atom stereocenters. The number of amides is 1. The minimum absolute atomic E-state index is 0.0000632. The maximum absolute atomic E-state index is 13.3. The number of hydrogen-bond donors (Lipinski definition) is 1. The van der Waals surface area contributed by atoms with Gasteiger partial charge >= 0.3 is 5.97 Å². The van der Waals surface area contributed by atoms with Gasteiger partial charge in [-0.2, -0.15) is 8.78 Å². The SMILES string of the molecule is CCNC(=O)CCCC(=O)Oc1c(F)c(F)c(F)c(F)c1F. The fourth-order valence-electron chi connectivity index (χ4n) is 1.52. The van der Waals surface area contributed by atoms with Crippen LogP contribution in [0.25, 0.3) is 0 Å². The zero-order chi connectivity index (χ0) is 16.9. The molecular formula is C13H12F5NO3. The van der Waals surface area contributed by atoms with Crippen LogP contribution < -0.4 is 10.1 Å². The van der Waals surface area contributed by atoms with Crippen molar-refractivity contribution in [2.75, 3.05) is 6.54 Å². The number of esters is 1. The van der Waals surface area contributed by atoms with Crippen molar-refractivity contribution in [1.82, 2.24) is 5.32 Å². The van der Waals surface area contributed by atoms with Crippen molar-refractivity contribution in [2.24, 2.45) is 0 Å². The van der Waals surface area contributed by atoms with Crippen LogP contribution in [0.2, 0.25) is 0 Å². The largest absolute Gasteiger partial charge is 0.420 e. The topological polar surface area (TPSA) is 55.4 Å². The third-order valence-corrected chi connectivity index (χ3v) is 2.54. The normalized spacial score (nSPS) is 10.5. The highest BCUT2D eigenvalue weighted by atomic mass is 19.2. The van der Waals surface area contributed by atoms with Crippen LogP contribution in [0.15, 0.2) is 0 Å². The van der Waals surface area contributed by atoms with Crippen LogP contribution >= 0.6 is 0 Å². The van der Waals surface area contributed by atoms with Gasteiger partial charge in [0.2, 0.25) is 40.7 Å². The summed E-state index contributed by atoms with van der Waals surface area (Å²) in [6.07, 6.45) is -0.462. The maximum Gasteiger partial charge on any atom is 0.311 e. The highest BCUT2D eigenvalue weighted by Gasteiger charge is 2.28. The first kappa shape index (κ1) is 17.9. The molecule has 1 amide bonds. The van der Waals surface area contributed by atoms with E-state index in [2.05, 4.69) is 10.1 Å². The molecule has 0 fully saturated rings. The molecule has 0 saturated carbocycles. The molecule has 122 valence electrons. The molecule has 1 aromatic rings. The molecule has 4 nitrogen and oxygen atoms in total. The van der Waals surface area contributed by atoms with Crippen molar-refractivity contribution >= 4 is 11.9 Å². The predicted molar refractivity (Wildman–Crippen MR) is 64.4 cm³/mol. The van der Waals surface area contributed by atoms with E-state index in [0.29, 0.717) is 6.54 Å². The van der Waals surface area contributed by atoms with Crippen molar-refractivity contribution in [2.45, 2.75) is 26.2 Å². The van der Waals surface area contributed by atoms with E-state index in [0.717, 1.165) is 0 Å². The summed E-state index contributed by atoms with van der Waals surface area (Å²) >= 11 is 0. The number of ether oxygens (including phenoxy) is 1. The molecule has 22 heavy (non-hydrogen) atoms. The lowest BCUT2D eigenvalue weighted by molar-refractivity contribution is -0.135. The van der Waals surface area contributed by atoms with Crippen molar-refractivity contribution < 1.29 is 36.3 Å². The van der Waals surface area contributed by atoms with Crippen LogP contribution in [0.3, 0.4) is 0 Å². The van der Waals surface area contributed by atoms with E-state index in [1.54, 1.807) is 6.92 Å². The third-order valence-electron chi connectivity index (χ3n) is 2.54. The van der Waals surface area contributed by atoms with Gasteiger partial charge in [-0.15, -0.1) is 0 Å². The number of carbonyl (C=O) groups is 2. The van der Waals surface area contributed by atoms with Crippen molar-refractivity contribution in [3.8, 4) is 5.75 Å². The third kappa shape index (κ3) is 4.15. The molecule has 0 saturated heterocycles. The number of nitrogens with one attached hydrogen (secondary N) is 1. The summed E-state index contributed by atoms with van der Waals surface area (Å²) in [4.78, 5) is 22.4. The Morgan fingerprint density at radius 1 is 0.909 bits per heavy atom. The molecule has 0 radical (unpaired) electrons. The zero-order valence-corrected chi connectivity index (χ0v) is 11.4. The monoisotopic (exact) mass is 325 g/mol. The van der Waals surface area contributed by atoms with Crippen LogP contribution in [-0.2, 0) is 9.59 Å². The van der Waals surface area contributed by atoms with Crippen molar-refractivity contribution in [1.29, 1.82) is 0 Å². The Morgan fingerprint density at radius 3 is 1.91 bits per heavy atom. The van der Waals surface area contributed by atoms with Gasteiger partial charge in [-0.25, -0.2) is 13.2 Å². The average Bonchev–Trinajstić information content (AvgIpc) is 2.48. The number of halogens is 5. The molecule has 9 heteroatoms. The first-order valence-corrected chi connectivity index (χ1v) is 6.28. The minimum atomic E-state index is -2.34. The molecule has 0 bridgehead atoms. The van der Waals surface area contributed by atoms with E-state index in [4.69, 9.17) is 0 Å². The van der Waals surface area contributed by atoms with Gasteiger partial charge in [0.05, 0.1) is 0 Å². The lowest BCUT2D eigenvalue weighted by Crippen LogP contribution is -2.22. The Labute approximate surface area is 122 Å². The number of rotatable bonds is 6. The number of benzene rings is 1. The Morgan fingerprint density at radius 2 is 1.41 bits per heavy atom. The zero-order valence-electron chi connectivity index (χ0n) is 11.4. The van der Waals surface area contributed by atoms with Gasteiger partial charge in [0, 0.05) is 19.4 Å². The average molecular weight is 325 g/mol. The predicted octanol–water partition coefficient (Wildman–Crippen LogP) is 2.59. The van der Waals surface area contributed by atoms with Gasteiger partial charge in [0.15, 0.2) is 0 Å². The molecular weight excluding hydrogens is 313 g/mol. The van der Waals surface area contributed by atoms with Crippen molar-refractivity contribution in [3.63, 3.8) is 0 Å². The lowest BCUT2D eigenvalue weighted by atomic mass is 10.2. The minimum Gasteiger partial charge on any atom is -0.420 e. The quantitative estimate of drug-likeness (QED) is 0.288. The molecule has 1 rings (SSSR count). The summed E-state index contributed by atoms with van der Waals surface area (Å²) < 4.78 is 69.2. The molecule has 1 N–H and O–H groups in total. The Bertz CT molecular complexity index is 563. The highest BCUT2D eigenvalue weighted by molar-refractivity contribution is 5.77. The number of carbonyl (C=O) groups excluding carboxylic acids is 2. The maximum atomic E-state index is 13.3. The summed E-state index contributed by atoms with van der Waals surface area (Å²) in [5, 5.41) is 2.46. The second-order valence-electron chi connectivity index (χ2n) is 4.18. The number of hydrogen-bond acceptors (Lipinski definition) is 3. The Kier molecular flexibility index (Phi) is 6.26.